The van der Waals surface area contributed by atoms with Gasteiger partial charge in [-0.05, 0) is 25.0 Å². The van der Waals surface area contributed by atoms with Gasteiger partial charge in [0.2, 0.25) is 0 Å². The average Bonchev–Trinajstić information content (AvgIpc) is 1.82. The van der Waals surface area contributed by atoms with Gasteiger partial charge < -0.3 is 4.55 Å². The van der Waals surface area contributed by atoms with Gasteiger partial charge in [-0.25, -0.2) is 8.42 Å². The SMILES string of the molecule is Cc1cccc(C)c1S(=O)(=O)[O-].[Na+]. The summed E-state index contributed by atoms with van der Waals surface area (Å²) in [4.78, 5) is -0.0926. The first-order valence-corrected chi connectivity index (χ1v) is 4.86. The third-order valence-electron chi connectivity index (χ3n) is 1.66. The van der Waals surface area contributed by atoms with Crippen LogP contribution in [0.3, 0.4) is 0 Å². The first kappa shape index (κ1) is 13.1. The largest absolute Gasteiger partial charge is 1.00 e. The van der Waals surface area contributed by atoms with Crippen molar-refractivity contribution < 1.29 is 42.5 Å². The van der Waals surface area contributed by atoms with Crippen LogP contribution in [0.4, 0.5) is 0 Å². The summed E-state index contributed by atoms with van der Waals surface area (Å²) in [6.07, 6.45) is 0. The second kappa shape index (κ2) is 4.57. The normalized spacial score (nSPS) is 10.7. The summed E-state index contributed by atoms with van der Waals surface area (Å²) < 4.78 is 32.2. The number of rotatable bonds is 1. The molecule has 0 fully saturated rings. The maximum absolute atomic E-state index is 10.7. The Morgan fingerprint density at radius 3 is 1.77 bits per heavy atom. The Kier molecular flexibility index (Phi) is 4.62. The summed E-state index contributed by atoms with van der Waals surface area (Å²) in [6, 6.07) is 4.94. The molecule has 1 aromatic rings. The van der Waals surface area contributed by atoms with E-state index in [1.54, 1.807) is 32.0 Å². The molecule has 66 valence electrons. The van der Waals surface area contributed by atoms with Gasteiger partial charge in [-0.3, -0.25) is 0 Å². The molecule has 13 heavy (non-hydrogen) atoms. The van der Waals surface area contributed by atoms with Crippen LogP contribution < -0.4 is 29.6 Å². The van der Waals surface area contributed by atoms with E-state index in [4.69, 9.17) is 0 Å². The van der Waals surface area contributed by atoms with Gasteiger partial charge in [-0.1, -0.05) is 18.2 Å². The third-order valence-corrected chi connectivity index (χ3v) is 2.80. The van der Waals surface area contributed by atoms with Crippen LogP contribution >= 0.6 is 0 Å². The van der Waals surface area contributed by atoms with Gasteiger partial charge in [-0.15, -0.1) is 0 Å². The van der Waals surface area contributed by atoms with E-state index in [2.05, 4.69) is 0 Å². The first-order chi connectivity index (χ1) is 5.43. The number of hydrogen-bond acceptors (Lipinski definition) is 3. The summed E-state index contributed by atoms with van der Waals surface area (Å²) in [6.45, 7) is 3.22. The summed E-state index contributed by atoms with van der Waals surface area (Å²) in [7, 11) is -4.31. The van der Waals surface area contributed by atoms with Gasteiger partial charge in [0.1, 0.15) is 10.1 Å². The molecule has 0 spiro atoms. The van der Waals surface area contributed by atoms with E-state index in [9.17, 15) is 13.0 Å². The van der Waals surface area contributed by atoms with E-state index in [-0.39, 0.29) is 34.5 Å². The molecule has 0 amide bonds. The number of hydrogen-bond donors (Lipinski definition) is 0. The molecule has 1 aromatic carbocycles. The van der Waals surface area contributed by atoms with Crippen LogP contribution in [0.25, 0.3) is 0 Å². The zero-order valence-electron chi connectivity index (χ0n) is 7.87. The molecule has 0 aliphatic heterocycles. The van der Waals surface area contributed by atoms with Crippen LogP contribution in [0.1, 0.15) is 11.1 Å². The Morgan fingerprint density at radius 2 is 1.54 bits per heavy atom. The quantitative estimate of drug-likeness (QED) is 0.404. The Hall–Kier alpha value is 0.130. The van der Waals surface area contributed by atoms with Crippen LogP contribution in [-0.4, -0.2) is 13.0 Å². The van der Waals surface area contributed by atoms with Crippen LogP contribution in [0.2, 0.25) is 0 Å². The fourth-order valence-electron chi connectivity index (χ4n) is 1.19. The maximum atomic E-state index is 10.7. The summed E-state index contributed by atoms with van der Waals surface area (Å²) in [5.74, 6) is 0. The molecule has 0 bridgehead atoms. The monoisotopic (exact) mass is 208 g/mol. The van der Waals surface area contributed by atoms with Gasteiger partial charge in [0, 0.05) is 0 Å². The van der Waals surface area contributed by atoms with Crippen LogP contribution in [0, 0.1) is 13.8 Å². The van der Waals surface area contributed by atoms with Crippen molar-refractivity contribution in [3.8, 4) is 0 Å². The molecule has 0 aliphatic carbocycles. The second-order valence-electron chi connectivity index (χ2n) is 2.68. The van der Waals surface area contributed by atoms with E-state index >= 15 is 0 Å². The van der Waals surface area contributed by atoms with Crippen molar-refractivity contribution in [2.45, 2.75) is 18.7 Å². The zero-order chi connectivity index (χ0) is 9.35. The second-order valence-corrected chi connectivity index (χ2v) is 3.99. The third kappa shape index (κ3) is 3.07. The molecule has 0 N–H and O–H groups in total. The summed E-state index contributed by atoms with van der Waals surface area (Å²) in [5, 5.41) is 0. The van der Waals surface area contributed by atoms with Gasteiger partial charge >= 0.3 is 29.6 Å². The molecular weight excluding hydrogens is 199 g/mol. The topological polar surface area (TPSA) is 57.2 Å². The molecule has 0 atom stereocenters. The van der Waals surface area contributed by atoms with Crippen molar-refractivity contribution in [3.05, 3.63) is 29.3 Å². The first-order valence-electron chi connectivity index (χ1n) is 3.45. The van der Waals surface area contributed by atoms with E-state index in [1.165, 1.54) is 0 Å². The Morgan fingerprint density at radius 1 is 1.15 bits per heavy atom. The molecule has 0 unspecified atom stereocenters. The molecule has 5 heteroatoms. The standard InChI is InChI=1S/C8H10O3S.Na/c1-6-4-3-5-7(2)8(6)12(9,10)11;/h3-5H,1-2H3,(H,9,10,11);/q;+1/p-1. The fraction of sp³-hybridized carbons (Fsp3) is 0.250. The Bertz CT molecular complexity index is 378. The van der Waals surface area contributed by atoms with Crippen LogP contribution in [-0.2, 0) is 10.1 Å². The molecule has 0 heterocycles. The minimum atomic E-state index is -4.31. The Labute approximate surface area is 100 Å². The molecular formula is C8H9NaO3S. The minimum absolute atomic E-state index is 0. The van der Waals surface area contributed by atoms with Crippen molar-refractivity contribution in [1.29, 1.82) is 0 Å². The van der Waals surface area contributed by atoms with Crippen molar-refractivity contribution in [3.63, 3.8) is 0 Å². The predicted molar refractivity (Wildman–Crippen MR) is 43.9 cm³/mol. The van der Waals surface area contributed by atoms with Crippen molar-refractivity contribution in [2.24, 2.45) is 0 Å². The van der Waals surface area contributed by atoms with Gasteiger partial charge in [0.05, 0.1) is 4.90 Å². The molecule has 0 saturated heterocycles. The smallest absolute Gasteiger partial charge is 0.744 e. The van der Waals surface area contributed by atoms with Crippen molar-refractivity contribution in [1.82, 2.24) is 0 Å². The van der Waals surface area contributed by atoms with Crippen LogP contribution in [0.5, 0.6) is 0 Å². The van der Waals surface area contributed by atoms with Crippen molar-refractivity contribution >= 4 is 10.1 Å². The van der Waals surface area contributed by atoms with Gasteiger partial charge in [0.15, 0.2) is 0 Å². The summed E-state index contributed by atoms with van der Waals surface area (Å²) in [5.41, 5.74) is 1.01. The van der Waals surface area contributed by atoms with Crippen LogP contribution in [0.15, 0.2) is 23.1 Å². The Balaban J connectivity index is 0.00000144. The molecule has 0 radical (unpaired) electrons. The fourth-order valence-corrected chi connectivity index (χ4v) is 2.12. The maximum Gasteiger partial charge on any atom is 1.00 e. The molecule has 0 aromatic heterocycles. The number of benzene rings is 1. The molecule has 0 aliphatic rings. The van der Waals surface area contributed by atoms with Gasteiger partial charge in [-0.2, -0.15) is 0 Å². The van der Waals surface area contributed by atoms with Gasteiger partial charge in [0.25, 0.3) is 0 Å². The van der Waals surface area contributed by atoms with E-state index in [1.807, 2.05) is 0 Å². The molecule has 3 nitrogen and oxygen atoms in total. The van der Waals surface area contributed by atoms with E-state index in [0.29, 0.717) is 11.1 Å². The minimum Gasteiger partial charge on any atom is -0.744 e. The van der Waals surface area contributed by atoms with E-state index in [0.717, 1.165) is 0 Å². The molecule has 0 saturated carbocycles. The molecule has 1 rings (SSSR count). The predicted octanol–water partition coefficient (Wildman–Crippen LogP) is -1.79. The summed E-state index contributed by atoms with van der Waals surface area (Å²) >= 11 is 0. The average molecular weight is 208 g/mol. The zero-order valence-corrected chi connectivity index (χ0v) is 10.7. The van der Waals surface area contributed by atoms with Crippen molar-refractivity contribution in [2.75, 3.05) is 0 Å². The van der Waals surface area contributed by atoms with E-state index < -0.39 is 10.1 Å². The number of aryl methyl sites for hydroxylation is 2.